The number of nitrogens with one attached hydrogen (secondary N) is 1. The van der Waals surface area contributed by atoms with E-state index >= 15 is 0 Å². The van der Waals surface area contributed by atoms with Crippen molar-refractivity contribution >= 4 is 27.1 Å². The van der Waals surface area contributed by atoms with Crippen LogP contribution >= 0.6 is 0 Å². The van der Waals surface area contributed by atoms with Gasteiger partial charge in [0, 0.05) is 24.8 Å². The normalized spacial score (nSPS) is 21.4. The van der Waals surface area contributed by atoms with Crippen LogP contribution in [0.25, 0.3) is 0 Å². The summed E-state index contributed by atoms with van der Waals surface area (Å²) in [5, 5.41) is 11.7. The molecule has 1 heterocycles. The molecule has 1 saturated heterocycles. The lowest BCUT2D eigenvalue weighted by molar-refractivity contribution is -0.384. The minimum atomic E-state index is -3.91. The van der Waals surface area contributed by atoms with Crippen LogP contribution in [0, 0.1) is 22.0 Å². The van der Waals surface area contributed by atoms with Gasteiger partial charge >= 0.3 is 0 Å². The molecule has 0 saturated carbocycles. The Bertz CT molecular complexity index is 1010. The molecule has 146 valence electrons. The van der Waals surface area contributed by atoms with Gasteiger partial charge in [0.2, 0.25) is 0 Å². The quantitative estimate of drug-likeness (QED) is 0.469. The average molecular weight is 399 g/mol. The molecule has 0 radical (unpaired) electrons. The minimum absolute atomic E-state index is 0.120. The van der Waals surface area contributed by atoms with Crippen molar-refractivity contribution in [1.29, 1.82) is 0 Å². The zero-order valence-corrected chi connectivity index (χ0v) is 16.0. The van der Waals surface area contributed by atoms with Crippen molar-refractivity contribution in [2.24, 2.45) is 11.8 Å². The third-order valence-corrected chi connectivity index (χ3v) is 6.82. The molecule has 1 fully saturated rings. The fourth-order valence-corrected chi connectivity index (χ4v) is 5.09. The van der Waals surface area contributed by atoms with Crippen LogP contribution in [-0.4, -0.2) is 26.4 Å². The second-order valence-electron chi connectivity index (χ2n) is 7.25. The first-order valence-corrected chi connectivity index (χ1v) is 10.7. The lowest BCUT2D eigenvalue weighted by atomic mass is 9.86. The highest BCUT2D eigenvalue weighted by molar-refractivity contribution is 7.92. The molecule has 28 heavy (non-hydrogen) atoms. The van der Waals surface area contributed by atoms with Gasteiger partial charge in [-0.1, -0.05) is 30.4 Å². The number of rotatable bonds is 5. The van der Waals surface area contributed by atoms with Crippen molar-refractivity contribution in [3.8, 4) is 0 Å². The van der Waals surface area contributed by atoms with E-state index in [1.807, 2.05) is 4.90 Å². The fraction of sp³-hybridized carbons (Fsp3) is 0.300. The Hall–Kier alpha value is -2.87. The Morgan fingerprint density at radius 3 is 2.25 bits per heavy atom. The Morgan fingerprint density at radius 2 is 1.64 bits per heavy atom. The van der Waals surface area contributed by atoms with Gasteiger partial charge in [-0.3, -0.25) is 14.8 Å². The van der Waals surface area contributed by atoms with Gasteiger partial charge in [0.25, 0.3) is 15.7 Å². The Balaban J connectivity index is 1.63. The zero-order chi connectivity index (χ0) is 19.7. The first-order valence-electron chi connectivity index (χ1n) is 9.20. The molecule has 1 aliphatic heterocycles. The summed E-state index contributed by atoms with van der Waals surface area (Å²) >= 11 is 0. The van der Waals surface area contributed by atoms with E-state index < -0.39 is 14.9 Å². The zero-order valence-electron chi connectivity index (χ0n) is 15.2. The summed E-state index contributed by atoms with van der Waals surface area (Å²) in [7, 11) is -3.91. The molecule has 0 spiro atoms. The molecule has 8 heteroatoms. The van der Waals surface area contributed by atoms with E-state index in [0.29, 0.717) is 23.2 Å². The second kappa shape index (κ2) is 7.27. The maximum absolute atomic E-state index is 12.7. The molecule has 0 amide bonds. The third kappa shape index (κ3) is 3.60. The van der Waals surface area contributed by atoms with Crippen LogP contribution in [0.5, 0.6) is 0 Å². The molecular formula is C20H21N3O4S. The monoisotopic (exact) mass is 399 g/mol. The van der Waals surface area contributed by atoms with Crippen molar-refractivity contribution in [2.45, 2.75) is 17.7 Å². The predicted octanol–water partition coefficient (Wildman–Crippen LogP) is 3.80. The first-order chi connectivity index (χ1) is 13.4. The molecule has 2 unspecified atom stereocenters. The highest BCUT2D eigenvalue weighted by Gasteiger charge is 2.35. The second-order valence-corrected chi connectivity index (χ2v) is 8.93. The SMILES string of the molecule is O=[N+]([O-])c1cc(S(=O)(=O)Nc2ccccc2)ccc1N1CC2CC=CCC2C1. The van der Waals surface area contributed by atoms with E-state index in [4.69, 9.17) is 0 Å². The number of sulfonamides is 1. The van der Waals surface area contributed by atoms with Crippen LogP contribution < -0.4 is 9.62 Å². The largest absolute Gasteiger partial charge is 0.365 e. The number of benzene rings is 2. The van der Waals surface area contributed by atoms with Crippen molar-refractivity contribution in [3.63, 3.8) is 0 Å². The van der Waals surface area contributed by atoms with E-state index in [-0.39, 0.29) is 10.6 Å². The van der Waals surface area contributed by atoms with Gasteiger partial charge in [0.05, 0.1) is 9.82 Å². The summed E-state index contributed by atoms with van der Waals surface area (Å²) in [6, 6.07) is 12.6. The van der Waals surface area contributed by atoms with Gasteiger partial charge in [0.1, 0.15) is 5.69 Å². The highest BCUT2D eigenvalue weighted by atomic mass is 32.2. The van der Waals surface area contributed by atoms with E-state index in [2.05, 4.69) is 16.9 Å². The van der Waals surface area contributed by atoms with E-state index in [9.17, 15) is 18.5 Å². The van der Waals surface area contributed by atoms with Crippen LogP contribution in [0.3, 0.4) is 0 Å². The standard InChI is InChI=1S/C20H21N3O4S/c24-23(25)20-12-18(28(26,27)21-17-8-2-1-3-9-17)10-11-19(20)22-13-15-6-4-5-7-16(15)14-22/h1-5,8-12,15-16,21H,6-7,13-14H2. The van der Waals surface area contributed by atoms with Crippen LogP contribution in [-0.2, 0) is 10.0 Å². The summed E-state index contributed by atoms with van der Waals surface area (Å²) < 4.78 is 27.8. The molecule has 2 aromatic carbocycles. The summed E-state index contributed by atoms with van der Waals surface area (Å²) in [5.74, 6) is 0.987. The molecule has 1 N–H and O–H groups in total. The number of anilines is 2. The number of hydrogen-bond donors (Lipinski definition) is 1. The summed E-state index contributed by atoms with van der Waals surface area (Å²) in [5.41, 5.74) is 0.714. The molecule has 2 atom stereocenters. The fourth-order valence-electron chi connectivity index (χ4n) is 4.02. The first kappa shape index (κ1) is 18.5. The lowest BCUT2D eigenvalue weighted by Gasteiger charge is -2.19. The molecule has 0 aromatic heterocycles. The van der Waals surface area contributed by atoms with Crippen LogP contribution in [0.15, 0.2) is 65.6 Å². The van der Waals surface area contributed by atoms with Crippen molar-refractivity contribution in [2.75, 3.05) is 22.7 Å². The topological polar surface area (TPSA) is 92.5 Å². The predicted molar refractivity (Wildman–Crippen MR) is 108 cm³/mol. The number of nitro benzene ring substituents is 1. The van der Waals surface area contributed by atoms with Gasteiger partial charge in [-0.15, -0.1) is 0 Å². The van der Waals surface area contributed by atoms with Crippen LogP contribution in [0.2, 0.25) is 0 Å². The molecule has 2 aromatic rings. The molecular weight excluding hydrogens is 378 g/mol. The van der Waals surface area contributed by atoms with Crippen molar-refractivity contribution in [3.05, 3.63) is 70.8 Å². The maximum Gasteiger partial charge on any atom is 0.293 e. The number of para-hydroxylation sites is 1. The number of fused-ring (bicyclic) bond motifs is 1. The molecule has 2 aliphatic rings. The van der Waals surface area contributed by atoms with Crippen LogP contribution in [0.1, 0.15) is 12.8 Å². The molecule has 4 rings (SSSR count). The highest BCUT2D eigenvalue weighted by Crippen LogP contribution is 2.39. The Morgan fingerprint density at radius 1 is 1.00 bits per heavy atom. The van der Waals surface area contributed by atoms with Gasteiger partial charge in [-0.05, 0) is 48.9 Å². The summed E-state index contributed by atoms with van der Waals surface area (Å²) in [6.07, 6.45) is 6.32. The average Bonchev–Trinajstić information content (AvgIpc) is 3.12. The molecule has 7 nitrogen and oxygen atoms in total. The van der Waals surface area contributed by atoms with Gasteiger partial charge in [-0.25, -0.2) is 8.42 Å². The lowest BCUT2D eigenvalue weighted by Crippen LogP contribution is -2.21. The van der Waals surface area contributed by atoms with E-state index in [0.717, 1.165) is 32.0 Å². The third-order valence-electron chi connectivity index (χ3n) is 5.44. The number of nitro groups is 1. The number of nitrogens with zero attached hydrogens (tertiary/aromatic N) is 2. The maximum atomic E-state index is 12.7. The van der Waals surface area contributed by atoms with Gasteiger partial charge < -0.3 is 4.90 Å². The smallest absolute Gasteiger partial charge is 0.293 e. The van der Waals surface area contributed by atoms with Crippen molar-refractivity contribution < 1.29 is 13.3 Å². The summed E-state index contributed by atoms with van der Waals surface area (Å²) in [6.45, 7) is 1.51. The molecule has 0 bridgehead atoms. The van der Waals surface area contributed by atoms with E-state index in [1.54, 1.807) is 36.4 Å². The van der Waals surface area contributed by atoms with E-state index in [1.165, 1.54) is 6.07 Å². The summed E-state index contributed by atoms with van der Waals surface area (Å²) in [4.78, 5) is 13.1. The Kier molecular flexibility index (Phi) is 4.80. The minimum Gasteiger partial charge on any atom is -0.365 e. The number of allylic oxidation sites excluding steroid dienone is 2. The van der Waals surface area contributed by atoms with Crippen LogP contribution in [0.4, 0.5) is 17.1 Å². The van der Waals surface area contributed by atoms with Gasteiger partial charge in [-0.2, -0.15) is 0 Å². The Labute approximate surface area is 163 Å². The van der Waals surface area contributed by atoms with Crippen molar-refractivity contribution in [1.82, 2.24) is 0 Å². The molecule has 1 aliphatic carbocycles. The van der Waals surface area contributed by atoms with Gasteiger partial charge in [0.15, 0.2) is 0 Å². The number of hydrogen-bond acceptors (Lipinski definition) is 5.